The van der Waals surface area contributed by atoms with E-state index in [4.69, 9.17) is 10.3 Å². The highest BCUT2D eigenvalue weighted by molar-refractivity contribution is 4.98. The van der Waals surface area contributed by atoms with E-state index in [1.807, 2.05) is 0 Å². The molecule has 4 heteroatoms. The van der Waals surface area contributed by atoms with Crippen LogP contribution >= 0.6 is 0 Å². The van der Waals surface area contributed by atoms with Crippen LogP contribution in [0.25, 0.3) is 10.4 Å². The molecule has 0 aromatic heterocycles. The first-order valence-electron chi connectivity index (χ1n) is 4.62. The maximum absolute atomic E-state index is 8.03. The Kier molecular flexibility index (Phi) is 4.36. The van der Waals surface area contributed by atoms with Gasteiger partial charge in [0.1, 0.15) is 0 Å². The highest BCUT2D eigenvalue weighted by Gasteiger charge is 2.14. The topological polar surface area (TPSA) is 58.0 Å². The lowest BCUT2D eigenvalue weighted by atomic mass is 9.94. The largest absolute Gasteiger partial charge is 0.378 e. The predicted molar refractivity (Wildman–Crippen MR) is 51.4 cm³/mol. The molecule has 4 nitrogen and oxygen atoms in total. The van der Waals surface area contributed by atoms with E-state index in [-0.39, 0.29) is 0 Å². The van der Waals surface area contributed by atoms with Crippen molar-refractivity contribution in [3.05, 3.63) is 22.6 Å². The van der Waals surface area contributed by atoms with Crippen LogP contribution in [0, 0.1) is 0 Å². The van der Waals surface area contributed by atoms with E-state index in [1.165, 1.54) is 5.57 Å². The van der Waals surface area contributed by atoms with Gasteiger partial charge in [0.25, 0.3) is 0 Å². The number of allylic oxidation sites excluding steroid dienone is 1. The predicted octanol–water partition coefficient (Wildman–Crippen LogP) is 2.81. The van der Waals surface area contributed by atoms with Gasteiger partial charge < -0.3 is 4.74 Å². The van der Waals surface area contributed by atoms with Crippen LogP contribution in [0.2, 0.25) is 0 Å². The zero-order chi connectivity index (χ0) is 9.52. The van der Waals surface area contributed by atoms with Gasteiger partial charge in [0.15, 0.2) is 0 Å². The number of hydrogen-bond acceptors (Lipinski definition) is 2. The molecule has 1 aliphatic carbocycles. The number of rotatable bonds is 4. The van der Waals surface area contributed by atoms with Crippen LogP contribution in [0.4, 0.5) is 0 Å². The second kappa shape index (κ2) is 5.62. The van der Waals surface area contributed by atoms with Crippen molar-refractivity contribution < 1.29 is 4.74 Å². The van der Waals surface area contributed by atoms with Gasteiger partial charge in [-0.2, -0.15) is 0 Å². The molecule has 0 heterocycles. The van der Waals surface area contributed by atoms with Crippen LogP contribution < -0.4 is 0 Å². The molecule has 0 atom stereocenters. The molecule has 0 radical (unpaired) electrons. The van der Waals surface area contributed by atoms with Gasteiger partial charge in [-0.05, 0) is 31.2 Å². The zero-order valence-electron chi connectivity index (χ0n) is 7.78. The van der Waals surface area contributed by atoms with E-state index < -0.39 is 0 Å². The van der Waals surface area contributed by atoms with Crippen molar-refractivity contribution in [3.8, 4) is 0 Å². The molecule has 0 aromatic carbocycles. The minimum Gasteiger partial charge on any atom is -0.378 e. The molecular weight excluding hydrogens is 166 g/mol. The van der Waals surface area contributed by atoms with Crippen molar-refractivity contribution in [2.45, 2.75) is 31.8 Å². The molecule has 13 heavy (non-hydrogen) atoms. The highest BCUT2D eigenvalue weighted by Crippen LogP contribution is 2.23. The van der Waals surface area contributed by atoms with Crippen LogP contribution in [0.15, 0.2) is 17.3 Å². The molecule has 72 valence electrons. The fourth-order valence-electron chi connectivity index (χ4n) is 1.47. The second-order valence-corrected chi connectivity index (χ2v) is 3.27. The van der Waals surface area contributed by atoms with Crippen molar-refractivity contribution >= 4 is 0 Å². The molecule has 0 N–H and O–H groups in total. The van der Waals surface area contributed by atoms with Crippen LogP contribution in [0.1, 0.15) is 25.7 Å². The lowest BCUT2D eigenvalue weighted by Crippen LogP contribution is -2.18. The Labute approximate surface area is 78.2 Å². The average molecular weight is 181 g/mol. The normalized spacial score (nSPS) is 18.3. The first-order valence-corrected chi connectivity index (χ1v) is 4.62. The molecule has 0 spiro atoms. The summed E-state index contributed by atoms with van der Waals surface area (Å²) in [6, 6.07) is 0. The Morgan fingerprint density at radius 1 is 1.54 bits per heavy atom. The van der Waals surface area contributed by atoms with E-state index >= 15 is 0 Å². The number of ether oxygens (including phenoxy) is 1. The van der Waals surface area contributed by atoms with E-state index in [0.29, 0.717) is 19.3 Å². The van der Waals surface area contributed by atoms with E-state index in [2.05, 4.69) is 16.6 Å². The van der Waals surface area contributed by atoms with Gasteiger partial charge in [0, 0.05) is 11.5 Å². The Hall–Kier alpha value is -0.990. The van der Waals surface area contributed by atoms with Gasteiger partial charge in [0.2, 0.25) is 0 Å². The minimum atomic E-state index is 0.347. The highest BCUT2D eigenvalue weighted by atomic mass is 16.5. The average Bonchev–Trinajstić information content (AvgIpc) is 2.15. The van der Waals surface area contributed by atoms with Gasteiger partial charge in [-0.25, -0.2) is 0 Å². The summed E-state index contributed by atoms with van der Waals surface area (Å²) in [4.78, 5) is 2.66. The van der Waals surface area contributed by atoms with Crippen LogP contribution in [0.5, 0.6) is 0 Å². The van der Waals surface area contributed by atoms with Gasteiger partial charge >= 0.3 is 0 Å². The summed E-state index contributed by atoms with van der Waals surface area (Å²) in [5.41, 5.74) is 9.36. The van der Waals surface area contributed by atoms with Crippen molar-refractivity contribution in [1.82, 2.24) is 0 Å². The third-order valence-corrected chi connectivity index (χ3v) is 2.25. The monoisotopic (exact) mass is 181 g/mol. The number of nitrogens with zero attached hydrogens (tertiary/aromatic N) is 3. The lowest BCUT2D eigenvalue weighted by Gasteiger charge is -2.23. The Morgan fingerprint density at radius 3 is 2.85 bits per heavy atom. The molecule has 1 aliphatic rings. The molecule has 0 saturated heterocycles. The molecule has 1 saturated carbocycles. The maximum atomic E-state index is 8.03. The third kappa shape index (κ3) is 3.97. The van der Waals surface area contributed by atoms with E-state index in [9.17, 15) is 0 Å². The molecule has 1 fully saturated rings. The lowest BCUT2D eigenvalue weighted by molar-refractivity contribution is 0.0407. The fraction of sp³-hybridized carbons (Fsp3) is 0.778. The van der Waals surface area contributed by atoms with Gasteiger partial charge in [-0.15, -0.1) is 0 Å². The summed E-state index contributed by atoms with van der Waals surface area (Å²) in [7, 11) is 0. The summed E-state index contributed by atoms with van der Waals surface area (Å²) in [6.07, 6.45) is 4.63. The molecule has 0 aliphatic heterocycles. The minimum absolute atomic E-state index is 0.347. The molecule has 1 rings (SSSR count). The fourth-order valence-corrected chi connectivity index (χ4v) is 1.47. The first-order chi connectivity index (χ1) is 6.33. The van der Waals surface area contributed by atoms with Crippen LogP contribution in [-0.4, -0.2) is 19.3 Å². The SMILES string of the molecule is C=C1CCC(OCCN=[N+]=[N-])CC1. The second-order valence-electron chi connectivity index (χ2n) is 3.27. The zero-order valence-corrected chi connectivity index (χ0v) is 7.78. The smallest absolute Gasteiger partial charge is 0.0581 e. The Bertz CT molecular complexity index is 211. The summed E-state index contributed by atoms with van der Waals surface area (Å²) in [5.74, 6) is 0. The van der Waals surface area contributed by atoms with Gasteiger partial charge in [0.05, 0.1) is 12.7 Å². The van der Waals surface area contributed by atoms with Crippen molar-refractivity contribution in [1.29, 1.82) is 0 Å². The summed E-state index contributed by atoms with van der Waals surface area (Å²) in [6.45, 7) is 4.92. The molecule has 0 bridgehead atoms. The Balaban J connectivity index is 2.08. The summed E-state index contributed by atoms with van der Waals surface area (Å²) >= 11 is 0. The maximum Gasteiger partial charge on any atom is 0.0581 e. The van der Waals surface area contributed by atoms with Crippen LogP contribution in [-0.2, 0) is 4.74 Å². The molecule has 0 aromatic rings. The molecule has 0 unspecified atom stereocenters. The van der Waals surface area contributed by atoms with Crippen molar-refractivity contribution in [2.24, 2.45) is 5.11 Å². The van der Waals surface area contributed by atoms with Crippen molar-refractivity contribution in [3.63, 3.8) is 0 Å². The first kappa shape index (κ1) is 10.1. The third-order valence-electron chi connectivity index (χ3n) is 2.25. The van der Waals surface area contributed by atoms with Gasteiger partial charge in [-0.3, -0.25) is 0 Å². The van der Waals surface area contributed by atoms with E-state index in [1.54, 1.807) is 0 Å². The molecular formula is C9H15N3O. The quantitative estimate of drug-likeness (QED) is 0.216. The van der Waals surface area contributed by atoms with Gasteiger partial charge in [-0.1, -0.05) is 17.3 Å². The Morgan fingerprint density at radius 2 is 2.23 bits per heavy atom. The van der Waals surface area contributed by atoms with E-state index in [0.717, 1.165) is 25.7 Å². The number of hydrogen-bond donors (Lipinski definition) is 0. The number of azide groups is 1. The summed E-state index contributed by atoms with van der Waals surface area (Å²) in [5, 5.41) is 3.41. The van der Waals surface area contributed by atoms with Crippen LogP contribution in [0.3, 0.4) is 0 Å². The molecule has 0 amide bonds. The summed E-state index contributed by atoms with van der Waals surface area (Å²) < 4.78 is 5.53. The standard InChI is InChI=1S/C9H15N3O/c1-8-2-4-9(5-3-8)13-7-6-11-12-10/h9H,1-7H2. The van der Waals surface area contributed by atoms with Crippen molar-refractivity contribution in [2.75, 3.05) is 13.2 Å².